The molecule has 0 aliphatic heterocycles. The van der Waals surface area contributed by atoms with Crippen LogP contribution in [0.15, 0.2) is 22.8 Å². The van der Waals surface area contributed by atoms with E-state index in [1.807, 2.05) is 31.9 Å². The summed E-state index contributed by atoms with van der Waals surface area (Å²) in [6, 6.07) is 0. The second kappa shape index (κ2) is 14.2. The van der Waals surface area contributed by atoms with Gasteiger partial charge in [-0.2, -0.15) is 0 Å². The van der Waals surface area contributed by atoms with Crippen molar-refractivity contribution in [3.05, 3.63) is 22.8 Å². The summed E-state index contributed by atoms with van der Waals surface area (Å²) >= 11 is 0. The average molecular weight is 501 g/mol. The number of unbranched alkanes of at least 4 members (excludes halogenated alkanes) is 1. The van der Waals surface area contributed by atoms with Gasteiger partial charge in [0, 0.05) is 12.8 Å². The van der Waals surface area contributed by atoms with Crippen molar-refractivity contribution in [2.75, 3.05) is 0 Å². The highest BCUT2D eigenvalue weighted by atomic mass is 16.5. The quantitative estimate of drug-likeness (QED) is 0.197. The lowest BCUT2D eigenvalue weighted by atomic mass is 9.52. The molecule has 0 spiro atoms. The molecule has 4 aliphatic rings. The molecule has 2 heteroatoms. The molecule has 0 aromatic heterocycles. The van der Waals surface area contributed by atoms with Gasteiger partial charge in [0.2, 0.25) is 0 Å². The number of carbonyl (C=O) groups excluding carboxylic acids is 1. The van der Waals surface area contributed by atoms with E-state index in [1.54, 1.807) is 5.57 Å². The maximum Gasteiger partial charge on any atom is 0.305 e. The number of fused-ring (bicyclic) bond motifs is 4. The highest BCUT2D eigenvalue weighted by Gasteiger charge is 2.53. The van der Waals surface area contributed by atoms with Crippen LogP contribution in [0.2, 0.25) is 0 Å². The molecule has 4 aliphatic carbocycles. The van der Waals surface area contributed by atoms with Gasteiger partial charge in [-0.15, -0.1) is 0 Å². The van der Waals surface area contributed by atoms with Crippen molar-refractivity contribution in [3.63, 3.8) is 0 Å². The number of hydrogen-bond donors (Lipinski definition) is 0. The normalized spacial score (nSPS) is 32.7. The minimum Gasteiger partial charge on any atom is -0.462 e. The van der Waals surface area contributed by atoms with Crippen LogP contribution in [-0.4, -0.2) is 12.1 Å². The molecule has 4 rings (SSSR count). The van der Waals surface area contributed by atoms with Crippen LogP contribution in [0.25, 0.3) is 0 Å². The summed E-state index contributed by atoms with van der Waals surface area (Å²) in [6.07, 6.45) is 19.9. The molecular weight excluding hydrogens is 440 g/mol. The highest BCUT2D eigenvalue weighted by Crippen LogP contribution is 2.64. The van der Waals surface area contributed by atoms with Crippen LogP contribution in [-0.2, 0) is 9.53 Å². The number of carbonyl (C=O) groups is 1. The molecule has 5 atom stereocenters. The molecule has 0 heterocycles. The van der Waals surface area contributed by atoms with Crippen LogP contribution in [0.1, 0.15) is 152 Å². The fourth-order valence-electron chi connectivity index (χ4n) is 7.77. The van der Waals surface area contributed by atoms with Gasteiger partial charge in [-0.25, -0.2) is 0 Å². The Morgan fingerprint density at radius 1 is 1.03 bits per heavy atom. The van der Waals surface area contributed by atoms with E-state index in [0.717, 1.165) is 37.0 Å². The molecule has 0 N–H and O–H groups in total. The van der Waals surface area contributed by atoms with Gasteiger partial charge in [-0.05, 0) is 80.0 Å². The zero-order valence-corrected chi connectivity index (χ0v) is 25.6. The van der Waals surface area contributed by atoms with E-state index in [2.05, 4.69) is 47.6 Å². The van der Waals surface area contributed by atoms with Crippen LogP contribution in [0, 0.1) is 28.6 Å². The largest absolute Gasteiger partial charge is 0.462 e. The van der Waals surface area contributed by atoms with Crippen molar-refractivity contribution < 1.29 is 9.53 Å². The van der Waals surface area contributed by atoms with E-state index in [0.29, 0.717) is 17.3 Å². The first kappa shape index (κ1) is 31.2. The molecule has 36 heavy (non-hydrogen) atoms. The van der Waals surface area contributed by atoms with Crippen molar-refractivity contribution in [1.82, 2.24) is 0 Å². The van der Waals surface area contributed by atoms with Crippen molar-refractivity contribution in [2.45, 2.75) is 158 Å². The predicted octanol–water partition coefficient (Wildman–Crippen LogP) is 10.6. The fourth-order valence-corrected chi connectivity index (χ4v) is 7.77. The van der Waals surface area contributed by atoms with Crippen LogP contribution in [0.3, 0.4) is 0 Å². The van der Waals surface area contributed by atoms with E-state index in [-0.39, 0.29) is 12.1 Å². The monoisotopic (exact) mass is 500 g/mol. The zero-order valence-electron chi connectivity index (χ0n) is 25.6. The molecule has 0 radical (unpaired) electrons. The standard InChI is InChI=1S/C29H46O2.C3H8.C2H6/c1-6-27(30)31-23-15-17-29(5)22(19-23)11-13-24-25-14-12-21(10-8-7-9-20(2)3)28(25,4)18-16-26(24)29;1-3-2;1-2/h11,20-21,23,26H,6-10,12-19H2,1-5H3;3H2,1-2H3;1-2H3. The molecular formula is C34H60O2. The number of ether oxygens (including phenoxy) is 1. The summed E-state index contributed by atoms with van der Waals surface area (Å²) in [5.74, 6) is 2.45. The Kier molecular flexibility index (Phi) is 12.3. The number of hydrogen-bond acceptors (Lipinski definition) is 2. The number of rotatable bonds is 7. The van der Waals surface area contributed by atoms with E-state index in [1.165, 1.54) is 64.2 Å². The second-order valence-corrected chi connectivity index (χ2v) is 12.7. The van der Waals surface area contributed by atoms with Gasteiger partial charge in [0.05, 0.1) is 0 Å². The highest BCUT2D eigenvalue weighted by molar-refractivity contribution is 5.69. The predicted molar refractivity (Wildman–Crippen MR) is 156 cm³/mol. The van der Waals surface area contributed by atoms with E-state index < -0.39 is 0 Å². The Hall–Kier alpha value is -1.05. The lowest BCUT2D eigenvalue weighted by Crippen LogP contribution is -2.43. The molecule has 2 fully saturated rings. The lowest BCUT2D eigenvalue weighted by Gasteiger charge is -2.53. The molecule has 2 saturated carbocycles. The smallest absolute Gasteiger partial charge is 0.305 e. The average Bonchev–Trinajstić information content (AvgIpc) is 3.20. The minimum atomic E-state index is -0.0355. The van der Waals surface area contributed by atoms with Gasteiger partial charge in [-0.1, -0.05) is 111 Å². The fraction of sp³-hybridized carbons (Fsp3) is 0.853. The van der Waals surface area contributed by atoms with Gasteiger partial charge in [0.15, 0.2) is 0 Å². The molecule has 0 aromatic carbocycles. The van der Waals surface area contributed by atoms with Crippen LogP contribution >= 0.6 is 0 Å². The van der Waals surface area contributed by atoms with Crippen LogP contribution in [0.5, 0.6) is 0 Å². The van der Waals surface area contributed by atoms with Gasteiger partial charge in [0.1, 0.15) is 6.10 Å². The Labute approximate surface area is 225 Å². The van der Waals surface area contributed by atoms with Crippen LogP contribution in [0.4, 0.5) is 0 Å². The summed E-state index contributed by atoms with van der Waals surface area (Å²) in [4.78, 5) is 11.8. The lowest BCUT2D eigenvalue weighted by molar-refractivity contribution is -0.150. The third-order valence-electron chi connectivity index (χ3n) is 9.77. The SMILES string of the molecule is CC.CCC.CCC(=O)OC1CCC2(C)C(=CCC3=C4CCC(CCCCC(C)C)C4(C)CCC32)C1. The Bertz CT molecular complexity index is 759. The number of allylic oxidation sites excluding steroid dienone is 3. The van der Waals surface area contributed by atoms with Gasteiger partial charge >= 0.3 is 5.97 Å². The first-order valence-corrected chi connectivity index (χ1v) is 15.8. The molecule has 0 bridgehead atoms. The third-order valence-corrected chi connectivity index (χ3v) is 9.77. The van der Waals surface area contributed by atoms with Crippen molar-refractivity contribution in [2.24, 2.45) is 28.6 Å². The molecule has 5 unspecified atom stereocenters. The minimum absolute atomic E-state index is 0.0355. The van der Waals surface area contributed by atoms with Crippen molar-refractivity contribution in [1.29, 1.82) is 0 Å². The first-order valence-electron chi connectivity index (χ1n) is 15.8. The number of esters is 1. The Morgan fingerprint density at radius 2 is 1.69 bits per heavy atom. The summed E-state index contributed by atoms with van der Waals surface area (Å²) in [5.41, 5.74) is 6.06. The molecule has 0 saturated heterocycles. The van der Waals surface area contributed by atoms with Crippen LogP contribution < -0.4 is 0 Å². The van der Waals surface area contributed by atoms with E-state index >= 15 is 0 Å². The molecule has 0 aromatic rings. The third kappa shape index (κ3) is 6.87. The zero-order chi connectivity index (χ0) is 26.9. The molecule has 2 nitrogen and oxygen atoms in total. The van der Waals surface area contributed by atoms with Gasteiger partial charge < -0.3 is 4.74 Å². The van der Waals surface area contributed by atoms with E-state index in [4.69, 9.17) is 4.74 Å². The Balaban J connectivity index is 0.000000850. The first-order chi connectivity index (χ1) is 17.2. The second-order valence-electron chi connectivity index (χ2n) is 12.7. The maximum atomic E-state index is 11.8. The summed E-state index contributed by atoms with van der Waals surface area (Å²) in [5, 5.41) is 0. The summed E-state index contributed by atoms with van der Waals surface area (Å²) < 4.78 is 5.74. The summed E-state index contributed by atoms with van der Waals surface area (Å²) in [6.45, 7) is 20.0. The Morgan fingerprint density at radius 3 is 2.33 bits per heavy atom. The van der Waals surface area contributed by atoms with Gasteiger partial charge in [0.25, 0.3) is 0 Å². The topological polar surface area (TPSA) is 26.3 Å². The summed E-state index contributed by atoms with van der Waals surface area (Å²) in [7, 11) is 0. The van der Waals surface area contributed by atoms with Crippen molar-refractivity contribution in [3.8, 4) is 0 Å². The van der Waals surface area contributed by atoms with Gasteiger partial charge in [-0.3, -0.25) is 4.79 Å². The molecule has 0 amide bonds. The molecule has 208 valence electrons. The van der Waals surface area contributed by atoms with E-state index in [9.17, 15) is 4.79 Å². The maximum absolute atomic E-state index is 11.8. The van der Waals surface area contributed by atoms with Crippen molar-refractivity contribution >= 4 is 5.97 Å².